The van der Waals surface area contributed by atoms with Gasteiger partial charge < -0.3 is 5.11 Å². The van der Waals surface area contributed by atoms with Crippen molar-refractivity contribution in [2.75, 3.05) is 0 Å². The molecule has 0 bridgehead atoms. The Morgan fingerprint density at radius 3 is 1.88 bits per heavy atom. The average Bonchev–Trinajstić information content (AvgIpc) is 2.39. The van der Waals surface area contributed by atoms with Gasteiger partial charge in [-0.25, -0.2) is 0 Å². The Labute approximate surface area is 123 Å². The van der Waals surface area contributed by atoms with E-state index in [9.17, 15) is 9.90 Å². The van der Waals surface area contributed by atoms with Gasteiger partial charge in [0.05, 0.1) is 0 Å². The summed E-state index contributed by atoms with van der Waals surface area (Å²) in [6, 6.07) is 17.7. The second-order valence-electron chi connectivity index (χ2n) is 3.54. The van der Waals surface area contributed by atoms with Gasteiger partial charge in [0.25, 0.3) is 0 Å². The Hall–Kier alpha value is -0.930. The van der Waals surface area contributed by atoms with Crippen LogP contribution in [0.3, 0.4) is 0 Å². The van der Waals surface area contributed by atoms with Crippen LogP contribution in [0.15, 0.2) is 60.7 Å². The summed E-state index contributed by atoms with van der Waals surface area (Å²) in [7, 11) is 0. The molecule has 2 aromatic rings. The molecule has 2 nitrogen and oxygen atoms in total. The topological polar surface area (TPSA) is 37.3 Å². The number of Topliss-reactive ketones (excluding diaryl/α,β-unsaturated/α-hetero) is 1. The molecule has 82 valence electrons. The van der Waals surface area contributed by atoms with Crippen molar-refractivity contribution in [1.29, 1.82) is 0 Å². The molecule has 1 N–H and O–H groups in total. The predicted octanol–water partition coefficient (Wildman–Crippen LogP) is 1.95. The molecule has 0 spiro atoms. The van der Waals surface area contributed by atoms with Crippen LogP contribution in [-0.4, -0.2) is 40.4 Å². The summed E-state index contributed by atoms with van der Waals surface area (Å²) in [5, 5.41) is 9.89. The molecule has 1 atom stereocenters. The van der Waals surface area contributed by atoms with Gasteiger partial charge in [-0.1, -0.05) is 60.7 Å². The van der Waals surface area contributed by atoms with Crippen LogP contribution in [0.25, 0.3) is 0 Å². The second kappa shape index (κ2) is 6.72. The van der Waals surface area contributed by atoms with Gasteiger partial charge in [-0.3, -0.25) is 4.79 Å². The Kier molecular flexibility index (Phi) is 5.59. The first-order valence-electron chi connectivity index (χ1n) is 5.11. The van der Waals surface area contributed by atoms with E-state index < -0.39 is 6.10 Å². The summed E-state index contributed by atoms with van der Waals surface area (Å²) in [4.78, 5) is 11.9. The number of carbonyl (C=O) groups is 1. The average molecular weight is 236 g/mol. The number of aliphatic hydroxyl groups excluding tert-OH is 1. The van der Waals surface area contributed by atoms with Crippen molar-refractivity contribution in [3.8, 4) is 0 Å². The van der Waals surface area contributed by atoms with E-state index >= 15 is 0 Å². The standard InChI is InChI=1S/C14H12O2.Na.H/c15-13(11-7-3-1-4-8-11)14(16)12-9-5-2-6-10-12;;/h1-10,13,15H;;. The Balaban J connectivity index is 0.00000144. The minimum absolute atomic E-state index is 0. The first kappa shape index (κ1) is 14.1. The fourth-order valence-corrected chi connectivity index (χ4v) is 1.55. The van der Waals surface area contributed by atoms with Gasteiger partial charge in [0.1, 0.15) is 6.10 Å². The molecule has 17 heavy (non-hydrogen) atoms. The maximum absolute atomic E-state index is 11.9. The summed E-state index contributed by atoms with van der Waals surface area (Å²) in [5.41, 5.74) is 1.15. The van der Waals surface area contributed by atoms with Crippen molar-refractivity contribution >= 4 is 35.3 Å². The Morgan fingerprint density at radius 1 is 0.882 bits per heavy atom. The monoisotopic (exact) mass is 236 g/mol. The van der Waals surface area contributed by atoms with E-state index in [0.29, 0.717) is 11.1 Å². The molecule has 0 aromatic heterocycles. The molecule has 0 amide bonds. The van der Waals surface area contributed by atoms with Gasteiger partial charge in [0.15, 0.2) is 5.78 Å². The normalized spacial score (nSPS) is 11.4. The first-order valence-corrected chi connectivity index (χ1v) is 5.11. The number of benzene rings is 2. The van der Waals surface area contributed by atoms with E-state index in [1.54, 1.807) is 48.5 Å². The summed E-state index contributed by atoms with van der Waals surface area (Å²) in [5.74, 6) is -0.271. The third kappa shape index (κ3) is 3.51. The van der Waals surface area contributed by atoms with Crippen molar-refractivity contribution in [2.45, 2.75) is 6.10 Å². The molecule has 0 aliphatic carbocycles. The van der Waals surface area contributed by atoms with E-state index in [1.165, 1.54) is 0 Å². The van der Waals surface area contributed by atoms with Crippen LogP contribution in [-0.2, 0) is 0 Å². The SMILES string of the molecule is O=C(c1ccccc1)C(O)c1ccccc1.[NaH]. The zero-order valence-electron chi connectivity index (χ0n) is 8.71. The molecule has 0 aliphatic heterocycles. The Morgan fingerprint density at radius 2 is 1.35 bits per heavy atom. The van der Waals surface area contributed by atoms with Crippen molar-refractivity contribution in [3.63, 3.8) is 0 Å². The van der Waals surface area contributed by atoms with E-state index in [4.69, 9.17) is 0 Å². The number of hydrogen-bond acceptors (Lipinski definition) is 2. The molecule has 0 saturated carbocycles. The molecular weight excluding hydrogens is 223 g/mol. The van der Waals surface area contributed by atoms with Gasteiger partial charge >= 0.3 is 29.6 Å². The number of carbonyl (C=O) groups excluding carboxylic acids is 1. The van der Waals surface area contributed by atoms with Gasteiger partial charge in [-0.2, -0.15) is 0 Å². The van der Waals surface area contributed by atoms with Crippen LogP contribution in [0.1, 0.15) is 22.0 Å². The van der Waals surface area contributed by atoms with Crippen molar-refractivity contribution in [3.05, 3.63) is 71.8 Å². The summed E-state index contributed by atoms with van der Waals surface area (Å²) in [6.07, 6.45) is -1.08. The summed E-state index contributed by atoms with van der Waals surface area (Å²) in [6.45, 7) is 0. The minimum atomic E-state index is -1.08. The quantitative estimate of drug-likeness (QED) is 0.653. The van der Waals surface area contributed by atoms with E-state index in [1.807, 2.05) is 12.1 Å². The molecule has 0 heterocycles. The molecular formula is C14H13NaO2. The Bertz CT molecular complexity index is 468. The van der Waals surface area contributed by atoms with Crippen molar-refractivity contribution in [1.82, 2.24) is 0 Å². The second-order valence-corrected chi connectivity index (χ2v) is 3.54. The molecule has 2 rings (SSSR count). The number of ketones is 1. The van der Waals surface area contributed by atoms with Crippen LogP contribution in [0.5, 0.6) is 0 Å². The van der Waals surface area contributed by atoms with Gasteiger partial charge in [0, 0.05) is 5.56 Å². The van der Waals surface area contributed by atoms with Gasteiger partial charge in [-0.05, 0) is 5.56 Å². The zero-order chi connectivity index (χ0) is 11.4. The third-order valence-corrected chi connectivity index (χ3v) is 2.42. The first-order chi connectivity index (χ1) is 7.79. The summed E-state index contributed by atoms with van der Waals surface area (Å²) >= 11 is 0. The van der Waals surface area contributed by atoms with Crippen LogP contribution < -0.4 is 0 Å². The van der Waals surface area contributed by atoms with Crippen LogP contribution >= 0.6 is 0 Å². The molecule has 1 unspecified atom stereocenters. The van der Waals surface area contributed by atoms with Crippen molar-refractivity contribution < 1.29 is 9.90 Å². The third-order valence-electron chi connectivity index (χ3n) is 2.42. The van der Waals surface area contributed by atoms with Crippen LogP contribution in [0.4, 0.5) is 0 Å². The zero-order valence-corrected chi connectivity index (χ0v) is 8.71. The number of aliphatic hydroxyl groups is 1. The van der Waals surface area contributed by atoms with Gasteiger partial charge in [0.2, 0.25) is 0 Å². The fraction of sp³-hybridized carbons (Fsp3) is 0.0714. The maximum atomic E-state index is 11.9. The molecule has 3 heteroatoms. The molecule has 2 aromatic carbocycles. The number of rotatable bonds is 3. The molecule has 0 aliphatic rings. The van der Waals surface area contributed by atoms with E-state index in [0.717, 1.165) is 0 Å². The van der Waals surface area contributed by atoms with Crippen LogP contribution in [0, 0.1) is 0 Å². The fourth-order valence-electron chi connectivity index (χ4n) is 1.55. The van der Waals surface area contributed by atoms with E-state index in [-0.39, 0.29) is 35.3 Å². The molecule has 0 radical (unpaired) electrons. The van der Waals surface area contributed by atoms with E-state index in [2.05, 4.69) is 0 Å². The predicted molar refractivity (Wildman–Crippen MR) is 69.3 cm³/mol. The molecule has 0 fully saturated rings. The van der Waals surface area contributed by atoms with Gasteiger partial charge in [-0.15, -0.1) is 0 Å². The number of hydrogen-bond donors (Lipinski definition) is 1. The van der Waals surface area contributed by atoms with Crippen LogP contribution in [0.2, 0.25) is 0 Å². The summed E-state index contributed by atoms with van der Waals surface area (Å²) < 4.78 is 0. The van der Waals surface area contributed by atoms with Crippen molar-refractivity contribution in [2.24, 2.45) is 0 Å². The molecule has 0 saturated heterocycles.